The molecule has 0 aromatic heterocycles. The first-order valence-electron chi connectivity index (χ1n) is 11.6. The summed E-state index contributed by atoms with van der Waals surface area (Å²) in [7, 11) is -1.56. The summed E-state index contributed by atoms with van der Waals surface area (Å²) in [5, 5.41) is 0.659. The Balaban J connectivity index is 1.87. The molecule has 0 spiro atoms. The Morgan fingerprint density at radius 3 is 1.93 bits per heavy atom. The van der Waals surface area contributed by atoms with E-state index in [4.69, 9.17) is 4.43 Å². The molecule has 0 atom stereocenters. The first kappa shape index (κ1) is 26.5. The van der Waals surface area contributed by atoms with Gasteiger partial charge in [-0.2, -0.15) is 0 Å². The maximum absolute atomic E-state index is 11.9. The fourth-order valence-corrected chi connectivity index (χ4v) is 4.86. The summed E-state index contributed by atoms with van der Waals surface area (Å²) in [4.78, 5) is 11.9. The van der Waals surface area contributed by atoms with Crippen LogP contribution in [0.4, 0.5) is 0 Å². The van der Waals surface area contributed by atoms with Crippen molar-refractivity contribution in [2.24, 2.45) is 0 Å². The van der Waals surface area contributed by atoms with Gasteiger partial charge in [-0.1, -0.05) is 108 Å². The third kappa shape index (κ3) is 12.7. The van der Waals surface area contributed by atoms with Crippen molar-refractivity contribution < 1.29 is 9.22 Å². The van der Waals surface area contributed by atoms with E-state index < -0.39 is 8.32 Å². The van der Waals surface area contributed by atoms with Crippen LogP contribution in [0, 0.1) is 0 Å². The van der Waals surface area contributed by atoms with Gasteiger partial charge in [-0.05, 0) is 36.5 Å². The summed E-state index contributed by atoms with van der Waals surface area (Å²) in [6, 6.07) is 10.2. The standard InChI is InChI=1S/C25H44O2SSi/c1-25(2,3)29(4,5)27-21-17-12-10-8-6-7-9-11-16-20-24(26)28-22-23-18-14-13-15-19-23/h13-15,18-19H,6-12,16-17,20-22H2,1-5H3. The average Bonchev–Trinajstić information content (AvgIpc) is 2.67. The monoisotopic (exact) mass is 436 g/mol. The first-order chi connectivity index (χ1) is 13.7. The fraction of sp³-hybridized carbons (Fsp3) is 0.720. The minimum absolute atomic E-state index is 0.318. The molecule has 0 aliphatic carbocycles. The molecule has 0 heterocycles. The summed E-state index contributed by atoms with van der Waals surface area (Å²) in [6.45, 7) is 12.5. The van der Waals surface area contributed by atoms with Crippen LogP contribution < -0.4 is 0 Å². The number of hydrogen-bond acceptors (Lipinski definition) is 3. The van der Waals surface area contributed by atoms with Crippen molar-refractivity contribution >= 4 is 25.2 Å². The molecule has 29 heavy (non-hydrogen) atoms. The van der Waals surface area contributed by atoms with E-state index >= 15 is 0 Å². The molecule has 0 radical (unpaired) electrons. The largest absolute Gasteiger partial charge is 0.417 e. The molecule has 1 aromatic rings. The molecule has 1 aromatic carbocycles. The molecule has 0 aliphatic rings. The Bertz CT molecular complexity index is 552. The van der Waals surface area contributed by atoms with Gasteiger partial charge in [0.05, 0.1) is 0 Å². The van der Waals surface area contributed by atoms with Crippen molar-refractivity contribution in [1.29, 1.82) is 0 Å². The van der Waals surface area contributed by atoms with E-state index in [9.17, 15) is 4.79 Å². The van der Waals surface area contributed by atoms with Gasteiger partial charge in [-0.25, -0.2) is 0 Å². The van der Waals surface area contributed by atoms with Crippen molar-refractivity contribution in [3.05, 3.63) is 35.9 Å². The van der Waals surface area contributed by atoms with Crippen LogP contribution in [0.15, 0.2) is 30.3 Å². The van der Waals surface area contributed by atoms with Crippen LogP contribution in [0.2, 0.25) is 18.1 Å². The molecule has 0 unspecified atom stereocenters. The number of carbonyl (C=O) groups excluding carboxylic acids is 1. The molecule has 0 saturated carbocycles. The fourth-order valence-electron chi connectivity index (χ4n) is 2.96. The second-order valence-electron chi connectivity index (χ2n) is 9.69. The number of hydrogen-bond donors (Lipinski definition) is 0. The van der Waals surface area contributed by atoms with Gasteiger partial charge in [0.15, 0.2) is 13.4 Å². The Hall–Kier alpha value is -0.583. The molecule has 0 fully saturated rings. The molecule has 0 amide bonds. The number of thioether (sulfide) groups is 1. The van der Waals surface area contributed by atoms with Crippen LogP contribution in [-0.4, -0.2) is 20.0 Å². The highest BCUT2D eigenvalue weighted by molar-refractivity contribution is 8.12. The first-order valence-corrected chi connectivity index (χ1v) is 15.5. The summed E-state index contributed by atoms with van der Waals surface area (Å²) >= 11 is 1.47. The Morgan fingerprint density at radius 1 is 0.862 bits per heavy atom. The van der Waals surface area contributed by atoms with E-state index in [1.165, 1.54) is 68.7 Å². The SMILES string of the molecule is CC(C)(C)[Si](C)(C)OCCCCCCCCCCCC(=O)SCc1ccccc1. The minimum atomic E-state index is -1.56. The van der Waals surface area contributed by atoms with Crippen LogP contribution in [0.25, 0.3) is 0 Å². The van der Waals surface area contributed by atoms with E-state index in [2.05, 4.69) is 46.0 Å². The second kappa shape index (κ2) is 14.4. The van der Waals surface area contributed by atoms with Crippen LogP contribution in [-0.2, 0) is 15.0 Å². The number of benzene rings is 1. The molecule has 2 nitrogen and oxygen atoms in total. The average molecular weight is 437 g/mol. The number of unbranched alkanes of at least 4 members (excludes halogenated alkanes) is 8. The number of rotatable bonds is 15. The predicted molar refractivity (Wildman–Crippen MR) is 132 cm³/mol. The van der Waals surface area contributed by atoms with Crippen LogP contribution in [0.3, 0.4) is 0 Å². The summed E-state index contributed by atoms with van der Waals surface area (Å²) in [5.41, 5.74) is 1.23. The van der Waals surface area contributed by atoms with Gasteiger partial charge < -0.3 is 4.43 Å². The highest BCUT2D eigenvalue weighted by atomic mass is 32.2. The molecular weight excluding hydrogens is 392 g/mol. The lowest BCUT2D eigenvalue weighted by Crippen LogP contribution is -2.40. The zero-order valence-electron chi connectivity index (χ0n) is 19.6. The van der Waals surface area contributed by atoms with Crippen LogP contribution >= 0.6 is 11.8 Å². The van der Waals surface area contributed by atoms with E-state index in [1.807, 2.05) is 18.2 Å². The topological polar surface area (TPSA) is 26.3 Å². The quantitative estimate of drug-likeness (QED) is 0.204. The van der Waals surface area contributed by atoms with Crippen molar-refractivity contribution in [2.45, 2.75) is 109 Å². The molecular formula is C25H44O2SSi. The Kier molecular flexibility index (Phi) is 13.2. The van der Waals surface area contributed by atoms with Gasteiger partial charge in [-0.3, -0.25) is 4.79 Å². The van der Waals surface area contributed by atoms with Gasteiger partial charge in [0.1, 0.15) is 0 Å². The summed E-state index contributed by atoms with van der Waals surface area (Å²) in [5.74, 6) is 0.806. The van der Waals surface area contributed by atoms with Gasteiger partial charge in [-0.15, -0.1) is 0 Å². The summed E-state index contributed by atoms with van der Waals surface area (Å²) in [6.07, 6.45) is 12.0. The molecule has 0 saturated heterocycles. The molecule has 166 valence electrons. The lowest BCUT2D eigenvalue weighted by molar-refractivity contribution is -0.111. The lowest BCUT2D eigenvalue weighted by Gasteiger charge is -2.36. The van der Waals surface area contributed by atoms with Crippen LogP contribution in [0.5, 0.6) is 0 Å². The predicted octanol–water partition coefficient (Wildman–Crippen LogP) is 8.37. The highest BCUT2D eigenvalue weighted by Gasteiger charge is 2.36. The zero-order chi connectivity index (χ0) is 21.6. The molecule has 0 bridgehead atoms. The second-order valence-corrected chi connectivity index (χ2v) is 15.5. The highest BCUT2D eigenvalue weighted by Crippen LogP contribution is 2.36. The van der Waals surface area contributed by atoms with Gasteiger partial charge >= 0.3 is 0 Å². The van der Waals surface area contributed by atoms with Crippen molar-refractivity contribution in [3.8, 4) is 0 Å². The van der Waals surface area contributed by atoms with E-state index in [-0.39, 0.29) is 0 Å². The van der Waals surface area contributed by atoms with E-state index in [1.54, 1.807) is 0 Å². The molecule has 1 rings (SSSR count). The smallest absolute Gasteiger partial charge is 0.191 e. The van der Waals surface area contributed by atoms with Gasteiger partial charge in [0.2, 0.25) is 0 Å². The zero-order valence-corrected chi connectivity index (χ0v) is 21.4. The van der Waals surface area contributed by atoms with Crippen molar-refractivity contribution in [1.82, 2.24) is 0 Å². The van der Waals surface area contributed by atoms with Crippen molar-refractivity contribution in [3.63, 3.8) is 0 Å². The Morgan fingerprint density at radius 2 is 1.38 bits per heavy atom. The third-order valence-electron chi connectivity index (χ3n) is 6.04. The molecule has 0 N–H and O–H groups in total. The van der Waals surface area contributed by atoms with E-state index in [0.29, 0.717) is 10.2 Å². The third-order valence-corrected chi connectivity index (χ3v) is 11.6. The normalized spacial score (nSPS) is 12.3. The Labute approximate surface area is 185 Å². The maximum atomic E-state index is 11.9. The lowest BCUT2D eigenvalue weighted by atomic mass is 10.1. The van der Waals surface area contributed by atoms with Gasteiger partial charge in [0.25, 0.3) is 0 Å². The number of carbonyl (C=O) groups is 1. The summed E-state index contributed by atoms with van der Waals surface area (Å²) < 4.78 is 6.24. The molecule has 0 aliphatic heterocycles. The van der Waals surface area contributed by atoms with Gasteiger partial charge in [0, 0.05) is 18.8 Å². The van der Waals surface area contributed by atoms with E-state index in [0.717, 1.165) is 25.2 Å². The molecule has 4 heteroatoms. The van der Waals surface area contributed by atoms with Crippen LogP contribution in [0.1, 0.15) is 90.5 Å². The minimum Gasteiger partial charge on any atom is -0.417 e. The maximum Gasteiger partial charge on any atom is 0.191 e. The van der Waals surface area contributed by atoms with Crippen molar-refractivity contribution in [2.75, 3.05) is 6.61 Å².